The van der Waals surface area contributed by atoms with Crippen LogP contribution in [0.5, 0.6) is 5.75 Å². The molecule has 0 fully saturated rings. The van der Waals surface area contributed by atoms with E-state index in [0.29, 0.717) is 29.5 Å². The summed E-state index contributed by atoms with van der Waals surface area (Å²) in [6, 6.07) is 19.2. The fraction of sp³-hybridized carbons (Fsp3) is 0.185. The van der Waals surface area contributed by atoms with Crippen LogP contribution in [0.1, 0.15) is 34.7 Å². The molecule has 3 aromatic rings. The highest BCUT2D eigenvalue weighted by Gasteiger charge is 2.15. The molecule has 6 heteroatoms. The summed E-state index contributed by atoms with van der Waals surface area (Å²) >= 11 is 8.62. The molecule has 0 aliphatic carbocycles. The van der Waals surface area contributed by atoms with Gasteiger partial charge < -0.3 is 10.1 Å². The molecule has 1 N–H and O–H groups in total. The minimum atomic E-state index is -0.445. The van der Waals surface area contributed by atoms with Crippen molar-refractivity contribution in [2.75, 3.05) is 11.9 Å². The quantitative estimate of drug-likeness (QED) is 0.187. The molecule has 4 nitrogen and oxygen atoms in total. The second-order valence-electron chi connectivity index (χ2n) is 7.55. The standard InChI is InChI=1S/C27H24ClIN2O2/c1-4-33-26-14-19(13-24(29)22(26)15-20-9-5-6-10-23(20)28)12-21(16-30)27(32)31-25-11-7-8-17(2)18(25)3/h5-14H,4,15H2,1-3H3,(H,31,32)/b21-12+. The lowest BCUT2D eigenvalue weighted by Crippen LogP contribution is -2.14. The Morgan fingerprint density at radius 3 is 2.64 bits per heavy atom. The highest BCUT2D eigenvalue weighted by molar-refractivity contribution is 14.1. The van der Waals surface area contributed by atoms with Gasteiger partial charge in [0, 0.05) is 26.3 Å². The predicted molar refractivity (Wildman–Crippen MR) is 143 cm³/mol. The van der Waals surface area contributed by atoms with Crippen molar-refractivity contribution in [3.63, 3.8) is 0 Å². The molecule has 0 spiro atoms. The first-order valence-corrected chi connectivity index (χ1v) is 12.0. The van der Waals surface area contributed by atoms with Crippen molar-refractivity contribution in [1.29, 1.82) is 5.26 Å². The number of aryl methyl sites for hydroxylation is 1. The van der Waals surface area contributed by atoms with Gasteiger partial charge >= 0.3 is 0 Å². The van der Waals surface area contributed by atoms with Gasteiger partial charge in [-0.05, 0) is 96.0 Å². The summed E-state index contributed by atoms with van der Waals surface area (Å²) in [5.41, 5.74) is 5.50. The normalized spacial score (nSPS) is 11.1. The van der Waals surface area contributed by atoms with Crippen LogP contribution in [0.25, 0.3) is 6.08 Å². The van der Waals surface area contributed by atoms with E-state index in [1.165, 1.54) is 0 Å². The van der Waals surface area contributed by atoms with E-state index in [9.17, 15) is 10.1 Å². The fourth-order valence-electron chi connectivity index (χ4n) is 3.39. The minimum Gasteiger partial charge on any atom is -0.494 e. The summed E-state index contributed by atoms with van der Waals surface area (Å²) in [7, 11) is 0. The van der Waals surface area contributed by atoms with Gasteiger partial charge in [0.05, 0.1) is 6.61 Å². The Morgan fingerprint density at radius 2 is 1.94 bits per heavy atom. The number of carbonyl (C=O) groups is 1. The largest absolute Gasteiger partial charge is 0.494 e. The Labute approximate surface area is 213 Å². The van der Waals surface area contributed by atoms with Crippen molar-refractivity contribution >= 4 is 51.9 Å². The van der Waals surface area contributed by atoms with Crippen molar-refractivity contribution in [3.05, 3.63) is 96.6 Å². The lowest BCUT2D eigenvalue weighted by molar-refractivity contribution is -0.112. The summed E-state index contributed by atoms with van der Waals surface area (Å²) in [5.74, 6) is 0.266. The first-order chi connectivity index (χ1) is 15.8. The molecule has 1 amide bonds. The van der Waals surface area contributed by atoms with Gasteiger partial charge in [-0.15, -0.1) is 0 Å². The van der Waals surface area contributed by atoms with Gasteiger partial charge in [-0.3, -0.25) is 4.79 Å². The number of carbonyl (C=O) groups excluding carboxylic acids is 1. The molecule has 0 bridgehead atoms. The maximum absolute atomic E-state index is 12.8. The van der Waals surface area contributed by atoms with E-state index in [1.54, 1.807) is 6.08 Å². The maximum Gasteiger partial charge on any atom is 0.266 e. The molecule has 3 rings (SSSR count). The molecule has 0 atom stereocenters. The monoisotopic (exact) mass is 570 g/mol. The number of amides is 1. The Kier molecular flexibility index (Phi) is 8.54. The SMILES string of the molecule is CCOc1cc(/C=C(\C#N)C(=O)Nc2cccc(C)c2C)cc(I)c1Cc1ccccc1Cl. The third-order valence-corrected chi connectivity index (χ3v) is 6.66. The van der Waals surface area contributed by atoms with Crippen LogP contribution in [0.15, 0.2) is 60.2 Å². The lowest BCUT2D eigenvalue weighted by Gasteiger charge is -2.15. The van der Waals surface area contributed by atoms with Crippen LogP contribution in [-0.2, 0) is 11.2 Å². The fourth-order valence-corrected chi connectivity index (χ4v) is 4.41. The molecule has 0 saturated heterocycles. The second-order valence-corrected chi connectivity index (χ2v) is 9.12. The molecule has 0 heterocycles. The Balaban J connectivity index is 1.94. The van der Waals surface area contributed by atoms with Gasteiger partial charge in [-0.1, -0.05) is 41.9 Å². The molecule has 168 valence electrons. The number of nitrogens with one attached hydrogen (secondary N) is 1. The predicted octanol–water partition coefficient (Wildman–Crippen LogP) is 7.10. The third-order valence-electron chi connectivity index (χ3n) is 5.33. The zero-order chi connectivity index (χ0) is 24.0. The van der Waals surface area contributed by atoms with Crippen LogP contribution < -0.4 is 10.1 Å². The summed E-state index contributed by atoms with van der Waals surface area (Å²) in [4.78, 5) is 12.8. The summed E-state index contributed by atoms with van der Waals surface area (Å²) < 4.78 is 6.88. The smallest absolute Gasteiger partial charge is 0.266 e. The van der Waals surface area contributed by atoms with Crippen LogP contribution in [-0.4, -0.2) is 12.5 Å². The number of rotatable bonds is 7. The van der Waals surface area contributed by atoms with Crippen LogP contribution in [0.2, 0.25) is 5.02 Å². The topological polar surface area (TPSA) is 62.1 Å². The lowest BCUT2D eigenvalue weighted by atomic mass is 10.0. The van der Waals surface area contributed by atoms with E-state index in [-0.39, 0.29) is 5.57 Å². The second kappa shape index (κ2) is 11.4. The third kappa shape index (κ3) is 6.16. The number of nitrogens with zero attached hydrogens (tertiary/aromatic N) is 1. The van der Waals surface area contributed by atoms with Gasteiger partial charge in [0.15, 0.2) is 0 Å². The number of halogens is 2. The van der Waals surface area contributed by atoms with Crippen LogP contribution in [0.3, 0.4) is 0 Å². The number of hydrogen-bond acceptors (Lipinski definition) is 3. The van der Waals surface area contributed by atoms with Crippen molar-refractivity contribution in [1.82, 2.24) is 0 Å². The van der Waals surface area contributed by atoms with Gasteiger partial charge in [-0.25, -0.2) is 0 Å². The van der Waals surface area contributed by atoms with Crippen molar-refractivity contribution in [3.8, 4) is 11.8 Å². The number of nitriles is 1. The highest BCUT2D eigenvalue weighted by atomic mass is 127. The highest BCUT2D eigenvalue weighted by Crippen LogP contribution is 2.31. The molecule has 0 aliphatic heterocycles. The van der Waals surface area contributed by atoms with Crippen LogP contribution >= 0.6 is 34.2 Å². The van der Waals surface area contributed by atoms with Crippen LogP contribution in [0, 0.1) is 28.7 Å². The molecular weight excluding hydrogens is 547 g/mol. The first-order valence-electron chi connectivity index (χ1n) is 10.5. The van der Waals surface area contributed by atoms with Crippen molar-refractivity contribution in [2.24, 2.45) is 0 Å². The number of anilines is 1. The Bertz CT molecular complexity index is 1260. The van der Waals surface area contributed by atoms with E-state index >= 15 is 0 Å². The van der Waals surface area contributed by atoms with E-state index in [1.807, 2.05) is 81.4 Å². The molecule has 0 unspecified atom stereocenters. The minimum absolute atomic E-state index is 0.0213. The summed E-state index contributed by atoms with van der Waals surface area (Å²) in [5, 5.41) is 13.2. The molecular formula is C27H24ClIN2O2. The molecule has 0 saturated carbocycles. The number of ether oxygens (including phenoxy) is 1. The van der Waals surface area contributed by atoms with Gasteiger partial charge in [0.25, 0.3) is 5.91 Å². The van der Waals surface area contributed by atoms with Gasteiger partial charge in [0.1, 0.15) is 17.4 Å². The van der Waals surface area contributed by atoms with E-state index in [0.717, 1.165) is 31.4 Å². The maximum atomic E-state index is 12.8. The number of hydrogen-bond donors (Lipinski definition) is 1. The molecule has 0 aliphatic rings. The Morgan fingerprint density at radius 1 is 1.18 bits per heavy atom. The number of benzene rings is 3. The van der Waals surface area contributed by atoms with Crippen LogP contribution in [0.4, 0.5) is 5.69 Å². The van der Waals surface area contributed by atoms with Gasteiger partial charge in [0.2, 0.25) is 0 Å². The summed E-state index contributed by atoms with van der Waals surface area (Å²) in [6.45, 7) is 6.34. The average Bonchev–Trinajstić information content (AvgIpc) is 2.79. The Hall–Kier alpha value is -2.82. The zero-order valence-electron chi connectivity index (χ0n) is 18.7. The molecule has 33 heavy (non-hydrogen) atoms. The van der Waals surface area contributed by atoms with Crippen molar-refractivity contribution in [2.45, 2.75) is 27.2 Å². The van der Waals surface area contributed by atoms with E-state index in [2.05, 4.69) is 27.9 Å². The van der Waals surface area contributed by atoms with Crippen molar-refractivity contribution < 1.29 is 9.53 Å². The zero-order valence-corrected chi connectivity index (χ0v) is 21.6. The molecule has 0 aromatic heterocycles. The van der Waals surface area contributed by atoms with Gasteiger partial charge in [-0.2, -0.15) is 5.26 Å². The van der Waals surface area contributed by atoms with E-state index < -0.39 is 5.91 Å². The van der Waals surface area contributed by atoms with E-state index in [4.69, 9.17) is 16.3 Å². The average molecular weight is 571 g/mol. The first kappa shape index (κ1) is 24.8. The molecule has 3 aromatic carbocycles. The molecule has 0 radical (unpaired) electrons. The summed E-state index contributed by atoms with van der Waals surface area (Å²) in [6.07, 6.45) is 2.21.